The van der Waals surface area contributed by atoms with Crippen LogP contribution in [0.2, 0.25) is 0 Å². The predicted molar refractivity (Wildman–Crippen MR) is 35.7 cm³/mol. The first kappa shape index (κ1) is 6.99. The smallest absolute Gasteiger partial charge is 0.0555 e. The van der Waals surface area contributed by atoms with Crippen molar-refractivity contribution in [3.8, 4) is 0 Å². The molecule has 1 heterocycles. The van der Waals surface area contributed by atoms with E-state index in [2.05, 4.69) is 6.92 Å². The number of rotatable bonds is 2. The first-order valence-corrected chi connectivity index (χ1v) is 3.16. The molecule has 1 aliphatic rings. The van der Waals surface area contributed by atoms with Crippen LogP contribution in [0.1, 0.15) is 6.92 Å². The minimum atomic E-state index is 0.323. The van der Waals surface area contributed by atoms with E-state index in [9.17, 15) is 0 Å². The molecule has 2 N–H and O–H groups in total. The first-order valence-electron chi connectivity index (χ1n) is 3.16. The quantitative estimate of drug-likeness (QED) is 0.416. The highest BCUT2D eigenvalue weighted by atomic mass is 16.5. The molecule has 0 radical (unpaired) electrons. The highest BCUT2D eigenvalue weighted by molar-refractivity contribution is 4.82. The molecule has 9 heavy (non-hydrogen) atoms. The van der Waals surface area contributed by atoms with Gasteiger partial charge in [-0.3, -0.25) is 5.84 Å². The molecule has 0 amide bonds. The van der Waals surface area contributed by atoms with Gasteiger partial charge in [-0.15, -0.1) is 0 Å². The lowest BCUT2D eigenvalue weighted by atomic mass is 9.89. The average Bonchev–Trinajstić information content (AvgIpc) is 1.60. The Morgan fingerprint density at radius 2 is 2.22 bits per heavy atom. The van der Waals surface area contributed by atoms with E-state index in [0.29, 0.717) is 5.41 Å². The molecule has 54 valence electrons. The molecular formula is C6H14N2O. The SMILES string of the molecule is CN(N)CC1(C)COC1. The summed E-state index contributed by atoms with van der Waals surface area (Å²) in [6.07, 6.45) is 0. The van der Waals surface area contributed by atoms with Gasteiger partial charge in [0.15, 0.2) is 0 Å². The maximum absolute atomic E-state index is 5.47. The molecule has 1 fully saturated rings. The molecule has 1 saturated heterocycles. The van der Waals surface area contributed by atoms with Crippen molar-refractivity contribution < 1.29 is 4.74 Å². The molecule has 1 rings (SSSR count). The van der Waals surface area contributed by atoms with Gasteiger partial charge in [-0.25, -0.2) is 5.01 Å². The standard InChI is InChI=1S/C6H14N2O/c1-6(3-8(2)7)4-9-5-6/h3-5,7H2,1-2H3. The Bertz CT molecular complexity index is 99.2. The Kier molecular flexibility index (Phi) is 1.75. The van der Waals surface area contributed by atoms with Crippen LogP contribution < -0.4 is 5.84 Å². The zero-order chi connectivity index (χ0) is 6.91. The summed E-state index contributed by atoms with van der Waals surface area (Å²) in [4.78, 5) is 0. The van der Waals surface area contributed by atoms with E-state index in [1.165, 1.54) is 0 Å². The molecule has 0 aliphatic carbocycles. The lowest BCUT2D eigenvalue weighted by Crippen LogP contribution is -2.49. The maximum Gasteiger partial charge on any atom is 0.0555 e. The van der Waals surface area contributed by atoms with Gasteiger partial charge in [-0.05, 0) is 0 Å². The van der Waals surface area contributed by atoms with Crippen LogP contribution in [0.15, 0.2) is 0 Å². The Balaban J connectivity index is 2.24. The van der Waals surface area contributed by atoms with Gasteiger partial charge in [-0.2, -0.15) is 0 Å². The summed E-state index contributed by atoms with van der Waals surface area (Å²) >= 11 is 0. The second-order valence-corrected chi connectivity index (χ2v) is 3.22. The van der Waals surface area contributed by atoms with Crippen LogP contribution in [0, 0.1) is 5.41 Å². The van der Waals surface area contributed by atoms with Crippen molar-refractivity contribution in [1.82, 2.24) is 5.01 Å². The average molecular weight is 130 g/mol. The van der Waals surface area contributed by atoms with Crippen molar-refractivity contribution >= 4 is 0 Å². The summed E-state index contributed by atoms with van der Waals surface area (Å²) in [5.41, 5.74) is 0.323. The lowest BCUT2D eigenvalue weighted by molar-refractivity contribution is -0.112. The Morgan fingerprint density at radius 1 is 1.67 bits per heavy atom. The van der Waals surface area contributed by atoms with Gasteiger partial charge in [0.25, 0.3) is 0 Å². The van der Waals surface area contributed by atoms with Gasteiger partial charge >= 0.3 is 0 Å². The van der Waals surface area contributed by atoms with E-state index >= 15 is 0 Å². The van der Waals surface area contributed by atoms with Gasteiger partial charge in [0, 0.05) is 19.0 Å². The molecule has 0 bridgehead atoms. The zero-order valence-electron chi connectivity index (χ0n) is 6.05. The third-order valence-electron chi connectivity index (χ3n) is 1.53. The molecule has 0 aromatic rings. The Labute approximate surface area is 55.7 Å². The molecule has 1 aliphatic heterocycles. The molecule has 0 spiro atoms. The predicted octanol–water partition coefficient (Wildman–Crippen LogP) is -0.172. The van der Waals surface area contributed by atoms with Gasteiger partial charge < -0.3 is 4.74 Å². The van der Waals surface area contributed by atoms with Gasteiger partial charge in [0.05, 0.1) is 13.2 Å². The fourth-order valence-electron chi connectivity index (χ4n) is 1.14. The highest BCUT2D eigenvalue weighted by Crippen LogP contribution is 2.26. The number of nitrogens with zero attached hydrogens (tertiary/aromatic N) is 1. The Morgan fingerprint density at radius 3 is 2.33 bits per heavy atom. The van der Waals surface area contributed by atoms with Crippen LogP contribution in [0.3, 0.4) is 0 Å². The second-order valence-electron chi connectivity index (χ2n) is 3.22. The normalized spacial score (nSPS) is 24.0. The van der Waals surface area contributed by atoms with Crippen molar-refractivity contribution in [2.45, 2.75) is 6.92 Å². The molecule has 0 unspecified atom stereocenters. The van der Waals surface area contributed by atoms with E-state index in [1.807, 2.05) is 7.05 Å². The third-order valence-corrected chi connectivity index (χ3v) is 1.53. The van der Waals surface area contributed by atoms with E-state index in [4.69, 9.17) is 10.6 Å². The summed E-state index contributed by atoms with van der Waals surface area (Å²) in [7, 11) is 1.88. The highest BCUT2D eigenvalue weighted by Gasteiger charge is 2.33. The molecule has 0 saturated carbocycles. The Hall–Kier alpha value is -0.120. The molecule has 3 nitrogen and oxygen atoms in total. The molecule has 0 atom stereocenters. The van der Waals surface area contributed by atoms with Crippen LogP contribution in [-0.4, -0.2) is 31.8 Å². The fraction of sp³-hybridized carbons (Fsp3) is 1.00. The van der Waals surface area contributed by atoms with Crippen LogP contribution >= 0.6 is 0 Å². The van der Waals surface area contributed by atoms with Gasteiger partial charge in [-0.1, -0.05) is 6.92 Å². The van der Waals surface area contributed by atoms with Crippen molar-refractivity contribution in [2.24, 2.45) is 11.3 Å². The monoisotopic (exact) mass is 130 g/mol. The molecular weight excluding hydrogens is 116 g/mol. The van der Waals surface area contributed by atoms with Crippen LogP contribution in [-0.2, 0) is 4.74 Å². The summed E-state index contributed by atoms with van der Waals surface area (Å²) < 4.78 is 5.06. The van der Waals surface area contributed by atoms with E-state index < -0.39 is 0 Å². The minimum absolute atomic E-state index is 0.323. The van der Waals surface area contributed by atoms with Crippen LogP contribution in [0.25, 0.3) is 0 Å². The largest absolute Gasteiger partial charge is 0.380 e. The van der Waals surface area contributed by atoms with E-state index in [-0.39, 0.29) is 0 Å². The maximum atomic E-state index is 5.47. The first-order chi connectivity index (χ1) is 4.12. The van der Waals surface area contributed by atoms with Gasteiger partial charge in [0.1, 0.15) is 0 Å². The topological polar surface area (TPSA) is 38.5 Å². The van der Waals surface area contributed by atoms with Gasteiger partial charge in [0.2, 0.25) is 0 Å². The minimum Gasteiger partial charge on any atom is -0.380 e. The van der Waals surface area contributed by atoms with Crippen molar-refractivity contribution in [3.05, 3.63) is 0 Å². The summed E-state index contributed by atoms with van der Waals surface area (Å²) in [5.74, 6) is 5.47. The van der Waals surface area contributed by atoms with Crippen LogP contribution in [0.4, 0.5) is 0 Å². The number of hydrogen-bond donors (Lipinski definition) is 1. The van der Waals surface area contributed by atoms with Crippen molar-refractivity contribution in [2.75, 3.05) is 26.8 Å². The number of ether oxygens (including phenoxy) is 1. The molecule has 0 aromatic carbocycles. The summed E-state index contributed by atoms with van der Waals surface area (Å²) in [5, 5.41) is 1.71. The van der Waals surface area contributed by atoms with E-state index in [0.717, 1.165) is 19.8 Å². The third kappa shape index (κ3) is 1.64. The number of nitrogens with two attached hydrogens (primary N) is 1. The summed E-state index contributed by atoms with van der Waals surface area (Å²) in [6.45, 7) is 4.82. The second kappa shape index (κ2) is 2.25. The van der Waals surface area contributed by atoms with Crippen LogP contribution in [0.5, 0.6) is 0 Å². The van der Waals surface area contributed by atoms with Crippen molar-refractivity contribution in [1.29, 1.82) is 0 Å². The van der Waals surface area contributed by atoms with Crippen molar-refractivity contribution in [3.63, 3.8) is 0 Å². The lowest BCUT2D eigenvalue weighted by Gasteiger charge is -2.39. The fourth-order valence-corrected chi connectivity index (χ4v) is 1.14. The van der Waals surface area contributed by atoms with E-state index in [1.54, 1.807) is 5.01 Å². The number of hydrogen-bond acceptors (Lipinski definition) is 3. The zero-order valence-corrected chi connectivity index (χ0v) is 6.05. The number of hydrazine groups is 1. The molecule has 3 heteroatoms. The molecule has 0 aromatic heterocycles. The summed E-state index contributed by atoms with van der Waals surface area (Å²) in [6, 6.07) is 0.